The van der Waals surface area contributed by atoms with Gasteiger partial charge in [0.15, 0.2) is 5.88 Å². The molecule has 68 heavy (non-hydrogen) atoms. The first kappa shape index (κ1) is 48.5. The smallest absolute Gasteiger partial charge is 0.324 e. The first-order chi connectivity index (χ1) is 32.4. The number of hydrogen-bond donors (Lipinski definition) is 5. The van der Waals surface area contributed by atoms with Gasteiger partial charge in [0.25, 0.3) is 5.91 Å². The molecular formula is C52H68N8O8. The van der Waals surface area contributed by atoms with Crippen molar-refractivity contribution in [1.29, 1.82) is 0 Å². The predicted molar refractivity (Wildman–Crippen MR) is 259 cm³/mol. The zero-order chi connectivity index (χ0) is 48.8. The molecule has 3 saturated heterocycles. The van der Waals surface area contributed by atoms with Crippen molar-refractivity contribution in [3.63, 3.8) is 0 Å². The van der Waals surface area contributed by atoms with Crippen LogP contribution in [0.4, 0.5) is 0 Å². The summed E-state index contributed by atoms with van der Waals surface area (Å²) < 4.78 is 14.2. The van der Waals surface area contributed by atoms with Crippen LogP contribution in [0.1, 0.15) is 90.7 Å². The van der Waals surface area contributed by atoms with E-state index in [-0.39, 0.29) is 61.2 Å². The molecule has 6 bridgehead atoms. The Balaban J connectivity index is 1.20. The summed E-state index contributed by atoms with van der Waals surface area (Å²) in [6.45, 7) is 16.0. The van der Waals surface area contributed by atoms with Crippen LogP contribution in [-0.2, 0) is 48.0 Å². The second-order valence-electron chi connectivity index (χ2n) is 20.1. The van der Waals surface area contributed by atoms with Crippen molar-refractivity contribution in [1.82, 2.24) is 40.4 Å². The first-order valence-electron chi connectivity index (χ1n) is 24.1. The Kier molecular flexibility index (Phi) is 13.9. The number of nitrogens with zero attached hydrogens (tertiary/aromatic N) is 5. The summed E-state index contributed by atoms with van der Waals surface area (Å²) in [5.41, 5.74) is 10.3. The Bertz CT molecular complexity index is 2620. The molecule has 8 rings (SSSR count). The molecule has 0 saturated carbocycles. The molecular weight excluding hydrogens is 865 g/mol. The fraction of sp³-hybridized carbons (Fsp3) is 0.519. The van der Waals surface area contributed by atoms with Crippen molar-refractivity contribution in [2.45, 2.75) is 123 Å². The Morgan fingerprint density at radius 2 is 1.85 bits per heavy atom. The van der Waals surface area contributed by atoms with Crippen LogP contribution in [0.15, 0.2) is 66.2 Å². The highest BCUT2D eigenvalue weighted by molar-refractivity contribution is 5.96. The fourth-order valence-corrected chi connectivity index (χ4v) is 10.5. The topological polar surface area (TPSA) is 201 Å². The zero-order valence-corrected chi connectivity index (χ0v) is 40.9. The number of phenolic OH excluding ortho intramolecular Hbond substituents is 1. The summed E-state index contributed by atoms with van der Waals surface area (Å²) in [6, 6.07) is 12.1. The van der Waals surface area contributed by atoms with Crippen LogP contribution >= 0.6 is 0 Å². The lowest BCUT2D eigenvalue weighted by molar-refractivity contribution is -0.155. The van der Waals surface area contributed by atoms with Gasteiger partial charge in [-0.3, -0.25) is 29.2 Å². The van der Waals surface area contributed by atoms with Gasteiger partial charge in [-0.2, -0.15) is 0 Å². The van der Waals surface area contributed by atoms with Gasteiger partial charge in [-0.05, 0) is 111 Å². The number of methoxy groups -OCH3 is 1. The van der Waals surface area contributed by atoms with Crippen molar-refractivity contribution in [3.8, 4) is 28.1 Å². The molecule has 4 aliphatic heterocycles. The van der Waals surface area contributed by atoms with E-state index in [9.17, 15) is 29.4 Å². The number of aliphatic hydroxyl groups excluding tert-OH is 1. The zero-order valence-electron chi connectivity index (χ0n) is 40.9. The van der Waals surface area contributed by atoms with E-state index in [1.165, 1.54) is 9.91 Å². The van der Waals surface area contributed by atoms with E-state index < -0.39 is 41.3 Å². The third kappa shape index (κ3) is 9.68. The second kappa shape index (κ2) is 19.6. The SMILES string of the molecule is CCn1c(-c2cccnc2[C@H](C)OC)c2c3cc(ccc31)-c1cc(O)cc(c1)C[C@H](NC(=O)[C@H](C(C)C)N(C)/C(O)=C1/CCN(C(=O)C3CN3)[C@@H]1C)C(=O)N1CCC[C@H](N1)C(=O)OCC(C)(C)C2. The largest absolute Gasteiger partial charge is 0.508 e. The monoisotopic (exact) mass is 933 g/mol. The van der Waals surface area contributed by atoms with Gasteiger partial charge in [0, 0.05) is 80.4 Å². The minimum absolute atomic E-state index is 0.00262. The maximum atomic E-state index is 14.8. The number of likely N-dealkylation sites (tertiary alicyclic amines) is 1. The van der Waals surface area contributed by atoms with E-state index in [1.54, 1.807) is 37.4 Å². The number of ether oxygens (including phenoxy) is 2. The van der Waals surface area contributed by atoms with Crippen LogP contribution < -0.4 is 16.1 Å². The van der Waals surface area contributed by atoms with Gasteiger partial charge in [0.2, 0.25) is 11.8 Å². The number of pyridine rings is 1. The Morgan fingerprint density at radius 3 is 2.56 bits per heavy atom. The molecule has 1 unspecified atom stereocenters. The number of aromatic nitrogens is 2. The van der Waals surface area contributed by atoms with Gasteiger partial charge in [-0.25, -0.2) is 5.43 Å². The van der Waals surface area contributed by atoms with Crippen LogP contribution in [0.3, 0.4) is 0 Å². The summed E-state index contributed by atoms with van der Waals surface area (Å²) in [7, 11) is 3.33. The van der Waals surface area contributed by atoms with Gasteiger partial charge in [-0.15, -0.1) is 0 Å². The number of esters is 1. The number of amides is 3. The van der Waals surface area contributed by atoms with E-state index in [4.69, 9.17) is 14.5 Å². The molecule has 0 radical (unpaired) electrons. The quantitative estimate of drug-likeness (QED) is 0.0732. The standard InChI is InChI=1S/C52H68N8O8/c1-10-58-43-16-15-33-25-38(43)39(46(58)37-13-11-18-53-44(37)31(5)67-9)26-52(6,7)28-68-51(66)40-14-12-19-60(56-40)50(65)41(23-32-21-34(33)24-35(61)22-32)55-47(62)45(29(2)3)57(8)48(63)36-17-20-59(30(36)4)49(64)42-27-54-42/h11,13,15-16,18,21-22,24-25,29-31,40-42,45,54,56,61,63H,10,12,14,17,19-20,23,26-28H2,1-9H3,(H,55,62)/b48-36+/t30-,31+,40+,41+,42?,45+/m1/s1. The number of cyclic esters (lactones) is 1. The minimum Gasteiger partial charge on any atom is -0.508 e. The number of likely N-dealkylation sites (N-methyl/N-ethyl adjacent to an activating group) is 1. The third-order valence-electron chi connectivity index (χ3n) is 14.2. The Morgan fingerprint density at radius 1 is 1.09 bits per heavy atom. The molecule has 16 nitrogen and oxygen atoms in total. The molecule has 4 aromatic rings. The van der Waals surface area contributed by atoms with Crippen molar-refractivity contribution in [2.75, 3.05) is 40.4 Å². The molecule has 0 aliphatic carbocycles. The number of hydrogen-bond acceptors (Lipinski definition) is 12. The highest BCUT2D eigenvalue weighted by atomic mass is 16.5. The lowest BCUT2D eigenvalue weighted by Crippen LogP contribution is -2.62. The molecule has 2 aromatic heterocycles. The minimum atomic E-state index is -1.15. The lowest BCUT2D eigenvalue weighted by atomic mass is 9.84. The van der Waals surface area contributed by atoms with E-state index in [1.807, 2.05) is 45.9 Å². The number of nitrogens with one attached hydrogen (secondary N) is 3. The number of hydrazine groups is 1. The molecule has 5 N–H and O–H groups in total. The molecule has 0 spiro atoms. The Labute approximate surface area is 399 Å². The van der Waals surface area contributed by atoms with E-state index in [2.05, 4.69) is 59.6 Å². The maximum Gasteiger partial charge on any atom is 0.324 e. The average Bonchev–Trinajstić information content (AvgIpc) is 4.04. The predicted octanol–water partition coefficient (Wildman–Crippen LogP) is 5.77. The van der Waals surface area contributed by atoms with Gasteiger partial charge < -0.3 is 44.7 Å². The first-order valence-corrected chi connectivity index (χ1v) is 24.1. The lowest BCUT2D eigenvalue weighted by Gasteiger charge is -2.37. The summed E-state index contributed by atoms with van der Waals surface area (Å²) >= 11 is 0. The van der Waals surface area contributed by atoms with Gasteiger partial charge in [0.1, 0.15) is 23.9 Å². The maximum absolute atomic E-state index is 14.8. The number of carbonyl (C=O) groups excluding carboxylic acids is 4. The van der Waals surface area contributed by atoms with Crippen LogP contribution in [0.5, 0.6) is 5.75 Å². The number of carbonyl (C=O) groups is 4. The van der Waals surface area contributed by atoms with E-state index in [0.29, 0.717) is 56.5 Å². The van der Waals surface area contributed by atoms with E-state index >= 15 is 0 Å². The van der Waals surface area contributed by atoms with E-state index in [0.717, 1.165) is 44.5 Å². The number of aromatic hydroxyl groups is 1. The van der Waals surface area contributed by atoms with Gasteiger partial charge in [-0.1, -0.05) is 39.8 Å². The van der Waals surface area contributed by atoms with Gasteiger partial charge in [0.05, 0.1) is 36.2 Å². The van der Waals surface area contributed by atoms with Crippen molar-refractivity contribution >= 4 is 34.6 Å². The molecule has 6 atom stereocenters. The van der Waals surface area contributed by atoms with Crippen molar-refractivity contribution < 1.29 is 38.9 Å². The Hall–Kier alpha value is -5.97. The number of phenols is 1. The number of aryl methyl sites for hydroxylation is 1. The van der Waals surface area contributed by atoms with Crippen molar-refractivity contribution in [2.24, 2.45) is 11.3 Å². The molecule has 364 valence electrons. The van der Waals surface area contributed by atoms with Crippen molar-refractivity contribution in [3.05, 3.63) is 83.0 Å². The second-order valence-corrected chi connectivity index (χ2v) is 20.1. The summed E-state index contributed by atoms with van der Waals surface area (Å²) in [6.07, 6.45) is 3.47. The van der Waals surface area contributed by atoms with Crippen LogP contribution in [0.2, 0.25) is 0 Å². The highest BCUT2D eigenvalue weighted by Gasteiger charge is 2.42. The summed E-state index contributed by atoms with van der Waals surface area (Å²) in [5.74, 6) is -1.82. The third-order valence-corrected chi connectivity index (χ3v) is 14.2. The molecule has 4 aliphatic rings. The summed E-state index contributed by atoms with van der Waals surface area (Å²) in [4.78, 5) is 64.5. The number of rotatable bonds is 10. The van der Waals surface area contributed by atoms with Crippen LogP contribution in [0.25, 0.3) is 33.3 Å². The number of fused-ring (bicyclic) bond motifs is 6. The molecule has 2 aromatic carbocycles. The van der Waals surface area contributed by atoms with Crippen LogP contribution in [-0.4, -0.2) is 129 Å². The normalized spacial score (nSPS) is 23.5. The van der Waals surface area contributed by atoms with Crippen LogP contribution in [0, 0.1) is 11.3 Å². The number of benzene rings is 2. The van der Waals surface area contributed by atoms with Gasteiger partial charge >= 0.3 is 5.97 Å². The fourth-order valence-electron chi connectivity index (χ4n) is 10.5. The molecule has 3 fully saturated rings. The summed E-state index contributed by atoms with van der Waals surface area (Å²) in [5, 5.41) is 31.6. The average molecular weight is 933 g/mol. The molecule has 16 heteroatoms. The molecule has 6 heterocycles. The number of aliphatic hydroxyl groups is 1. The molecule has 3 amide bonds. The highest BCUT2D eigenvalue weighted by Crippen LogP contribution is 2.42.